The minimum atomic E-state index is -1.23. The van der Waals surface area contributed by atoms with Gasteiger partial charge in [-0.05, 0) is 23.7 Å². The highest BCUT2D eigenvalue weighted by Gasteiger charge is 2.31. The molecule has 0 aromatic heterocycles. The molecule has 0 bridgehead atoms. The van der Waals surface area contributed by atoms with Crippen molar-refractivity contribution in [1.29, 1.82) is 10.5 Å². The Morgan fingerprint density at radius 1 is 1.07 bits per heavy atom. The number of likely N-dealkylation sites (N-methyl/N-ethyl adjacent to an activating group) is 1. The predicted octanol–water partition coefficient (Wildman–Crippen LogP) is 2.15. The zero-order valence-electron chi connectivity index (χ0n) is 16.8. The van der Waals surface area contributed by atoms with Gasteiger partial charge in [0.1, 0.15) is 12.1 Å². The number of nitrogens with zero attached hydrogens (tertiary/aromatic N) is 3. The zero-order chi connectivity index (χ0) is 20.5. The fourth-order valence-corrected chi connectivity index (χ4v) is 3.54. The maximum Gasteiger partial charge on any atom is 0.206 e. The minimum Gasteiger partial charge on any atom is -0.374 e. The molecule has 0 aliphatic carbocycles. The lowest BCUT2D eigenvalue weighted by Crippen LogP contribution is -2.55. The highest BCUT2D eigenvalue weighted by Crippen LogP contribution is 2.20. The fraction of sp³-hybridized carbons (Fsp3) is 0.391. The molecule has 0 saturated carbocycles. The van der Waals surface area contributed by atoms with Gasteiger partial charge in [0.25, 0.3) is 0 Å². The Balaban J connectivity index is 1.55. The van der Waals surface area contributed by atoms with Crippen molar-refractivity contribution in [1.82, 2.24) is 15.5 Å². The Kier molecular flexibility index (Phi) is 7.35. The number of benzene rings is 2. The summed E-state index contributed by atoms with van der Waals surface area (Å²) in [7, 11) is 1.73. The summed E-state index contributed by atoms with van der Waals surface area (Å²) in [5, 5.41) is 24.7. The number of nitrogens with one attached hydrogen (secondary N) is 2. The lowest BCUT2D eigenvalue weighted by molar-refractivity contribution is -0.0312. The zero-order valence-corrected chi connectivity index (χ0v) is 16.8. The molecular weight excluding hydrogens is 362 g/mol. The second-order valence-corrected chi connectivity index (χ2v) is 7.33. The summed E-state index contributed by atoms with van der Waals surface area (Å²) < 4.78 is 5.84. The van der Waals surface area contributed by atoms with Gasteiger partial charge < -0.3 is 10.1 Å². The van der Waals surface area contributed by atoms with E-state index < -0.39 is 5.54 Å². The molecule has 6 nitrogen and oxygen atoms in total. The normalized spacial score (nSPS) is 17.4. The van der Waals surface area contributed by atoms with Gasteiger partial charge in [0.2, 0.25) is 5.54 Å². The molecule has 1 heterocycles. The second-order valence-electron chi connectivity index (χ2n) is 7.33. The van der Waals surface area contributed by atoms with Gasteiger partial charge in [-0.3, -0.25) is 10.2 Å². The van der Waals surface area contributed by atoms with Gasteiger partial charge in [0, 0.05) is 32.7 Å². The van der Waals surface area contributed by atoms with Crippen molar-refractivity contribution < 1.29 is 4.74 Å². The standard InChI is InChI=1S/C23H27N5O/c1-26-18-23(16-24,17-25)27-13-22-15-28(11-12-29-22)14-19-7-9-21(10-8-19)20-5-3-2-4-6-20/h2-10,22,26-27H,11-15,18H2,1H3. The van der Waals surface area contributed by atoms with Gasteiger partial charge in [-0.25, -0.2) is 0 Å². The summed E-state index contributed by atoms with van der Waals surface area (Å²) in [6.07, 6.45) is -0.0507. The second kappa shape index (κ2) is 10.2. The van der Waals surface area contributed by atoms with Crippen LogP contribution in [0.2, 0.25) is 0 Å². The van der Waals surface area contributed by atoms with E-state index in [1.165, 1.54) is 16.7 Å². The quantitative estimate of drug-likeness (QED) is 0.720. The topological polar surface area (TPSA) is 84.1 Å². The number of hydrogen-bond donors (Lipinski definition) is 2. The van der Waals surface area contributed by atoms with Crippen LogP contribution in [0.1, 0.15) is 5.56 Å². The molecule has 1 unspecified atom stereocenters. The SMILES string of the molecule is CNCC(C#N)(C#N)NCC1CN(Cc2ccc(-c3ccccc3)cc2)CCO1. The number of hydrogen-bond acceptors (Lipinski definition) is 6. The first-order valence-electron chi connectivity index (χ1n) is 9.88. The largest absolute Gasteiger partial charge is 0.374 e. The average Bonchev–Trinajstić information content (AvgIpc) is 2.78. The van der Waals surface area contributed by atoms with Gasteiger partial charge in [-0.1, -0.05) is 54.6 Å². The molecule has 2 aromatic rings. The Bertz CT molecular complexity index is 840. The molecule has 1 atom stereocenters. The first kappa shape index (κ1) is 21.0. The Morgan fingerprint density at radius 3 is 2.41 bits per heavy atom. The summed E-state index contributed by atoms with van der Waals surface area (Å²) in [6.45, 7) is 3.87. The summed E-state index contributed by atoms with van der Waals surface area (Å²) >= 11 is 0. The molecule has 0 spiro atoms. The molecule has 150 valence electrons. The molecule has 1 saturated heterocycles. The first-order valence-corrected chi connectivity index (χ1v) is 9.88. The minimum absolute atomic E-state index is 0.0507. The van der Waals surface area contributed by atoms with Crippen molar-refractivity contribution >= 4 is 0 Å². The number of rotatable bonds is 8. The van der Waals surface area contributed by atoms with Crippen LogP contribution >= 0.6 is 0 Å². The Morgan fingerprint density at radius 2 is 1.76 bits per heavy atom. The highest BCUT2D eigenvalue weighted by atomic mass is 16.5. The van der Waals surface area contributed by atoms with Crippen LogP contribution in [0.5, 0.6) is 0 Å². The average molecular weight is 390 g/mol. The molecule has 2 aromatic carbocycles. The van der Waals surface area contributed by atoms with E-state index in [0.29, 0.717) is 13.2 Å². The van der Waals surface area contributed by atoms with Gasteiger partial charge >= 0.3 is 0 Å². The van der Waals surface area contributed by atoms with Gasteiger partial charge in [0.15, 0.2) is 0 Å². The van der Waals surface area contributed by atoms with E-state index in [2.05, 4.69) is 76.2 Å². The van der Waals surface area contributed by atoms with Crippen LogP contribution < -0.4 is 10.6 Å². The smallest absolute Gasteiger partial charge is 0.206 e. The molecule has 6 heteroatoms. The lowest BCUT2D eigenvalue weighted by Gasteiger charge is -2.34. The van der Waals surface area contributed by atoms with Crippen LogP contribution in [0.15, 0.2) is 54.6 Å². The predicted molar refractivity (Wildman–Crippen MR) is 113 cm³/mol. The number of nitriles is 2. The van der Waals surface area contributed by atoms with Crippen molar-refractivity contribution in [2.45, 2.75) is 18.2 Å². The Labute approximate surface area is 172 Å². The molecule has 2 N–H and O–H groups in total. The van der Waals surface area contributed by atoms with Crippen LogP contribution in [0.3, 0.4) is 0 Å². The maximum atomic E-state index is 9.36. The summed E-state index contributed by atoms with van der Waals surface area (Å²) in [6, 6.07) is 23.2. The highest BCUT2D eigenvalue weighted by molar-refractivity contribution is 5.63. The molecule has 3 rings (SSSR count). The number of ether oxygens (including phenoxy) is 1. The summed E-state index contributed by atoms with van der Waals surface area (Å²) in [5.74, 6) is 0. The molecule has 0 radical (unpaired) electrons. The molecule has 1 aliphatic heterocycles. The molecule has 1 fully saturated rings. The molecular formula is C23H27N5O. The third-order valence-electron chi connectivity index (χ3n) is 5.15. The van der Waals surface area contributed by atoms with Crippen molar-refractivity contribution in [3.05, 3.63) is 60.2 Å². The van der Waals surface area contributed by atoms with E-state index in [1.54, 1.807) is 7.05 Å². The maximum absolute atomic E-state index is 9.36. The van der Waals surface area contributed by atoms with E-state index in [0.717, 1.165) is 19.6 Å². The van der Waals surface area contributed by atoms with E-state index in [9.17, 15) is 10.5 Å². The van der Waals surface area contributed by atoms with Crippen LogP contribution in [0.25, 0.3) is 11.1 Å². The third-order valence-corrected chi connectivity index (χ3v) is 5.15. The van der Waals surface area contributed by atoms with E-state index in [4.69, 9.17) is 4.74 Å². The first-order chi connectivity index (χ1) is 14.2. The van der Waals surface area contributed by atoms with Crippen molar-refractivity contribution in [3.8, 4) is 23.3 Å². The van der Waals surface area contributed by atoms with Gasteiger partial charge in [-0.15, -0.1) is 0 Å². The summed E-state index contributed by atoms with van der Waals surface area (Å²) in [4.78, 5) is 2.35. The van der Waals surface area contributed by atoms with Crippen molar-refractivity contribution in [2.24, 2.45) is 0 Å². The van der Waals surface area contributed by atoms with Crippen LogP contribution in [-0.2, 0) is 11.3 Å². The molecule has 0 amide bonds. The third kappa shape index (κ3) is 5.63. The fourth-order valence-electron chi connectivity index (χ4n) is 3.54. The van der Waals surface area contributed by atoms with Crippen molar-refractivity contribution in [3.63, 3.8) is 0 Å². The van der Waals surface area contributed by atoms with E-state index in [1.807, 2.05) is 6.07 Å². The van der Waals surface area contributed by atoms with E-state index >= 15 is 0 Å². The molecule has 1 aliphatic rings. The lowest BCUT2D eigenvalue weighted by atomic mass is 10.0. The van der Waals surface area contributed by atoms with Crippen LogP contribution in [0, 0.1) is 22.7 Å². The van der Waals surface area contributed by atoms with Crippen LogP contribution in [-0.4, -0.2) is 56.4 Å². The molecule has 29 heavy (non-hydrogen) atoms. The van der Waals surface area contributed by atoms with E-state index in [-0.39, 0.29) is 12.6 Å². The summed E-state index contributed by atoms with van der Waals surface area (Å²) in [5.41, 5.74) is 2.47. The van der Waals surface area contributed by atoms with Crippen molar-refractivity contribution in [2.75, 3.05) is 39.8 Å². The van der Waals surface area contributed by atoms with Crippen LogP contribution in [0.4, 0.5) is 0 Å². The Hall–Kier alpha value is -2.74. The van der Waals surface area contributed by atoms with Gasteiger partial charge in [0.05, 0.1) is 12.7 Å². The number of morpholine rings is 1. The van der Waals surface area contributed by atoms with Gasteiger partial charge in [-0.2, -0.15) is 10.5 Å². The monoisotopic (exact) mass is 389 g/mol.